The SMILES string of the molecule is O=C(Nc1nn[nH]n1)[C@@H]1CCCN(S(=O)(=O)c2cccc(C(F)(F)F)c2)C1. The van der Waals surface area contributed by atoms with Crippen molar-refractivity contribution in [3.8, 4) is 0 Å². The number of halogens is 3. The van der Waals surface area contributed by atoms with Crippen LogP contribution in [0, 0.1) is 5.92 Å². The molecule has 2 aromatic rings. The van der Waals surface area contributed by atoms with Crippen LogP contribution in [0.5, 0.6) is 0 Å². The Morgan fingerprint density at radius 2 is 2.11 bits per heavy atom. The lowest BCUT2D eigenvalue weighted by atomic mass is 9.99. The van der Waals surface area contributed by atoms with Gasteiger partial charge in [0.15, 0.2) is 0 Å². The van der Waals surface area contributed by atoms with Gasteiger partial charge in [0.1, 0.15) is 0 Å². The van der Waals surface area contributed by atoms with Crippen LogP contribution in [-0.2, 0) is 21.0 Å². The Kier molecular flexibility index (Phi) is 5.15. The Morgan fingerprint density at radius 1 is 1.33 bits per heavy atom. The molecule has 2 N–H and O–H groups in total. The number of rotatable bonds is 4. The molecule has 13 heteroatoms. The number of tetrazole rings is 1. The van der Waals surface area contributed by atoms with Gasteiger partial charge >= 0.3 is 6.18 Å². The molecule has 0 spiro atoms. The van der Waals surface area contributed by atoms with Gasteiger partial charge in [-0.15, -0.1) is 5.10 Å². The Morgan fingerprint density at radius 3 is 2.78 bits per heavy atom. The van der Waals surface area contributed by atoms with Crippen molar-refractivity contribution in [2.24, 2.45) is 5.92 Å². The number of anilines is 1. The standard InChI is InChI=1S/C14H15F3N6O3S/c15-14(16,17)10-4-1-5-11(7-10)27(25,26)23-6-2-3-9(8-23)12(24)18-13-19-21-22-20-13/h1,4-5,7,9H,2-3,6,8H2,(H2,18,19,20,21,22,24)/t9-/m1/s1. The number of piperidine rings is 1. The van der Waals surface area contributed by atoms with E-state index in [2.05, 4.69) is 25.9 Å². The predicted molar refractivity (Wildman–Crippen MR) is 85.7 cm³/mol. The number of nitrogens with zero attached hydrogens (tertiary/aromatic N) is 4. The number of carbonyl (C=O) groups excluding carboxylic acids is 1. The molecule has 1 aromatic carbocycles. The largest absolute Gasteiger partial charge is 0.416 e. The average molecular weight is 404 g/mol. The van der Waals surface area contributed by atoms with Crippen LogP contribution in [0.25, 0.3) is 0 Å². The van der Waals surface area contributed by atoms with E-state index in [-0.39, 0.29) is 19.0 Å². The Balaban J connectivity index is 1.77. The predicted octanol–water partition coefficient (Wildman–Crippen LogP) is 1.26. The van der Waals surface area contributed by atoms with E-state index in [1.54, 1.807) is 0 Å². The van der Waals surface area contributed by atoms with Gasteiger partial charge in [0.25, 0.3) is 5.95 Å². The van der Waals surface area contributed by atoms with Gasteiger partial charge < -0.3 is 0 Å². The number of hydrogen-bond donors (Lipinski definition) is 2. The first-order valence-corrected chi connectivity index (χ1v) is 9.33. The fourth-order valence-electron chi connectivity index (χ4n) is 2.78. The number of hydrogen-bond acceptors (Lipinski definition) is 6. The van der Waals surface area contributed by atoms with E-state index in [9.17, 15) is 26.4 Å². The zero-order chi connectivity index (χ0) is 19.7. The van der Waals surface area contributed by atoms with E-state index < -0.39 is 38.5 Å². The van der Waals surface area contributed by atoms with E-state index >= 15 is 0 Å². The first-order chi connectivity index (χ1) is 12.7. The monoisotopic (exact) mass is 404 g/mol. The van der Waals surface area contributed by atoms with Crippen molar-refractivity contribution in [2.75, 3.05) is 18.4 Å². The minimum Gasteiger partial charge on any atom is -0.292 e. The molecule has 1 aliphatic heterocycles. The molecule has 0 bridgehead atoms. The van der Waals surface area contributed by atoms with Crippen LogP contribution < -0.4 is 5.32 Å². The highest BCUT2D eigenvalue weighted by Gasteiger charge is 2.36. The normalized spacial score (nSPS) is 19.0. The summed E-state index contributed by atoms with van der Waals surface area (Å²) in [6, 6.07) is 3.54. The van der Waals surface area contributed by atoms with Crippen LogP contribution in [0.4, 0.5) is 19.1 Å². The van der Waals surface area contributed by atoms with Gasteiger partial charge in [0, 0.05) is 13.1 Å². The number of aromatic amines is 1. The number of carbonyl (C=O) groups is 1. The van der Waals surface area contributed by atoms with Crippen molar-refractivity contribution in [3.63, 3.8) is 0 Å². The van der Waals surface area contributed by atoms with E-state index in [0.29, 0.717) is 18.9 Å². The number of aromatic nitrogens is 4. The molecule has 1 amide bonds. The van der Waals surface area contributed by atoms with Crippen LogP contribution in [0.1, 0.15) is 18.4 Å². The summed E-state index contributed by atoms with van der Waals surface area (Å²) in [5.41, 5.74) is -1.05. The fourth-order valence-corrected chi connectivity index (χ4v) is 4.35. The molecular formula is C14H15F3N6O3S. The molecule has 1 atom stereocenters. The quantitative estimate of drug-likeness (QED) is 0.791. The van der Waals surface area contributed by atoms with E-state index in [0.717, 1.165) is 22.5 Å². The van der Waals surface area contributed by atoms with Gasteiger partial charge in [-0.05, 0) is 36.3 Å². The second-order valence-electron chi connectivity index (χ2n) is 5.95. The molecule has 1 aliphatic rings. The van der Waals surface area contributed by atoms with Crippen molar-refractivity contribution < 1.29 is 26.4 Å². The lowest BCUT2D eigenvalue weighted by molar-refractivity contribution is -0.137. The van der Waals surface area contributed by atoms with E-state index in [4.69, 9.17) is 0 Å². The number of benzene rings is 1. The van der Waals surface area contributed by atoms with Crippen molar-refractivity contribution >= 4 is 21.9 Å². The van der Waals surface area contributed by atoms with Crippen LogP contribution >= 0.6 is 0 Å². The minimum absolute atomic E-state index is 0.0436. The third-order valence-electron chi connectivity index (χ3n) is 4.13. The molecule has 0 radical (unpaired) electrons. The van der Waals surface area contributed by atoms with Crippen LogP contribution in [0.3, 0.4) is 0 Å². The third-order valence-corrected chi connectivity index (χ3v) is 6.00. The Hall–Kier alpha value is -2.54. The summed E-state index contributed by atoms with van der Waals surface area (Å²) in [5.74, 6) is -1.21. The second-order valence-corrected chi connectivity index (χ2v) is 7.89. The smallest absolute Gasteiger partial charge is 0.292 e. The molecular weight excluding hydrogens is 389 g/mol. The van der Waals surface area contributed by atoms with Crippen LogP contribution in [0.15, 0.2) is 29.2 Å². The molecule has 0 aliphatic carbocycles. The number of nitrogens with one attached hydrogen (secondary N) is 2. The Labute approximate surface area is 152 Å². The van der Waals surface area contributed by atoms with Gasteiger partial charge in [0.2, 0.25) is 15.9 Å². The lowest BCUT2D eigenvalue weighted by Gasteiger charge is -2.31. The number of amides is 1. The zero-order valence-corrected chi connectivity index (χ0v) is 14.6. The molecule has 0 unspecified atom stereocenters. The molecule has 3 rings (SSSR count). The van der Waals surface area contributed by atoms with Crippen molar-refractivity contribution in [2.45, 2.75) is 23.9 Å². The van der Waals surface area contributed by atoms with E-state index in [1.807, 2.05) is 0 Å². The average Bonchev–Trinajstić information content (AvgIpc) is 3.14. The van der Waals surface area contributed by atoms with Gasteiger partial charge in [-0.3, -0.25) is 10.1 Å². The molecule has 146 valence electrons. The maximum absolute atomic E-state index is 12.9. The molecule has 0 saturated carbocycles. The summed E-state index contributed by atoms with van der Waals surface area (Å²) in [5, 5.41) is 15.0. The van der Waals surface area contributed by atoms with Crippen LogP contribution in [0.2, 0.25) is 0 Å². The minimum atomic E-state index is -4.65. The molecule has 1 fully saturated rings. The van der Waals surface area contributed by atoms with E-state index in [1.165, 1.54) is 0 Å². The molecule has 2 heterocycles. The second kappa shape index (κ2) is 7.23. The summed E-state index contributed by atoms with van der Waals surface area (Å²) in [6.45, 7) is -0.0349. The van der Waals surface area contributed by atoms with Crippen molar-refractivity contribution in [1.29, 1.82) is 0 Å². The number of H-pyrrole nitrogens is 1. The van der Waals surface area contributed by atoms with Crippen molar-refractivity contribution in [1.82, 2.24) is 24.9 Å². The number of sulfonamides is 1. The maximum atomic E-state index is 12.9. The van der Waals surface area contributed by atoms with Gasteiger partial charge in [-0.25, -0.2) is 8.42 Å². The topological polar surface area (TPSA) is 121 Å². The fraction of sp³-hybridized carbons (Fsp3) is 0.429. The zero-order valence-electron chi connectivity index (χ0n) is 13.8. The number of alkyl halides is 3. The third kappa shape index (κ3) is 4.24. The van der Waals surface area contributed by atoms with Crippen molar-refractivity contribution in [3.05, 3.63) is 29.8 Å². The highest BCUT2D eigenvalue weighted by Crippen LogP contribution is 2.32. The highest BCUT2D eigenvalue weighted by atomic mass is 32.2. The van der Waals surface area contributed by atoms with Gasteiger partial charge in [-0.1, -0.05) is 11.2 Å². The molecule has 27 heavy (non-hydrogen) atoms. The summed E-state index contributed by atoms with van der Waals surface area (Å²) < 4.78 is 65.1. The Bertz CT molecular complexity index is 916. The summed E-state index contributed by atoms with van der Waals surface area (Å²) in [6.07, 6.45) is -3.83. The summed E-state index contributed by atoms with van der Waals surface area (Å²) >= 11 is 0. The first kappa shape index (κ1) is 19.2. The van der Waals surface area contributed by atoms with Crippen LogP contribution in [-0.4, -0.2) is 52.3 Å². The molecule has 9 nitrogen and oxygen atoms in total. The molecule has 1 saturated heterocycles. The summed E-state index contributed by atoms with van der Waals surface area (Å²) in [7, 11) is -4.17. The first-order valence-electron chi connectivity index (χ1n) is 7.89. The van der Waals surface area contributed by atoms with Gasteiger partial charge in [-0.2, -0.15) is 22.7 Å². The lowest BCUT2D eigenvalue weighted by Crippen LogP contribution is -2.43. The highest BCUT2D eigenvalue weighted by molar-refractivity contribution is 7.89. The van der Waals surface area contributed by atoms with Gasteiger partial charge in [0.05, 0.1) is 16.4 Å². The molecule has 1 aromatic heterocycles. The maximum Gasteiger partial charge on any atom is 0.416 e. The summed E-state index contributed by atoms with van der Waals surface area (Å²) in [4.78, 5) is 11.8.